The summed E-state index contributed by atoms with van der Waals surface area (Å²) in [6.45, 7) is 2.99. The van der Waals surface area contributed by atoms with E-state index in [2.05, 4.69) is 20.1 Å². The van der Waals surface area contributed by atoms with Crippen molar-refractivity contribution in [3.05, 3.63) is 41.4 Å². The van der Waals surface area contributed by atoms with Crippen LogP contribution < -0.4 is 5.32 Å². The van der Waals surface area contributed by atoms with Crippen LogP contribution in [0.4, 0.5) is 9.93 Å². The monoisotopic (exact) mass is 545 g/mol. The number of urea groups is 1. The number of rotatable bonds is 7. The molecule has 1 N–H and O–H groups in total. The summed E-state index contributed by atoms with van der Waals surface area (Å²) in [6, 6.07) is 9.35. The lowest BCUT2D eigenvalue weighted by Crippen LogP contribution is -2.50. The number of hydrogen-bond acceptors (Lipinski definition) is 6. The van der Waals surface area contributed by atoms with Gasteiger partial charge in [0.1, 0.15) is 0 Å². The van der Waals surface area contributed by atoms with E-state index in [1.54, 1.807) is 28.6 Å². The average Bonchev–Trinajstić information content (AvgIpc) is 3.37. The summed E-state index contributed by atoms with van der Waals surface area (Å²) in [5.41, 5.74) is 0. The number of benzene rings is 1. The number of thiazole rings is 1. The first-order valence-corrected chi connectivity index (χ1v) is 16.1. The quantitative estimate of drug-likeness (QED) is 0.520. The topological polar surface area (TPSA) is 85.9 Å². The van der Waals surface area contributed by atoms with Gasteiger partial charge in [-0.1, -0.05) is 56.7 Å². The molecule has 0 atom stereocenters. The molecule has 1 saturated heterocycles. The van der Waals surface area contributed by atoms with E-state index in [0.717, 1.165) is 30.6 Å². The minimum absolute atomic E-state index is 0.0134. The summed E-state index contributed by atoms with van der Waals surface area (Å²) >= 11 is 1.53. The summed E-state index contributed by atoms with van der Waals surface area (Å²) < 4.78 is 27.4. The van der Waals surface area contributed by atoms with Crippen molar-refractivity contribution in [1.82, 2.24) is 19.1 Å². The van der Waals surface area contributed by atoms with Gasteiger partial charge in [-0.25, -0.2) is 18.2 Å². The number of carbonyl (C=O) groups excluding carboxylic acids is 1. The molecule has 1 aliphatic heterocycles. The van der Waals surface area contributed by atoms with E-state index in [9.17, 15) is 13.2 Å². The molecule has 3 fully saturated rings. The highest BCUT2D eigenvalue weighted by Gasteiger charge is 2.33. The van der Waals surface area contributed by atoms with E-state index in [4.69, 9.17) is 0 Å². The van der Waals surface area contributed by atoms with Crippen LogP contribution in [-0.2, 0) is 16.6 Å². The molecular weight excluding hydrogens is 506 g/mol. The third kappa shape index (κ3) is 6.53. The maximum atomic E-state index is 13.5. The largest absolute Gasteiger partial charge is 0.324 e. The highest BCUT2D eigenvalue weighted by Crippen LogP contribution is 2.31. The van der Waals surface area contributed by atoms with Gasteiger partial charge < -0.3 is 4.90 Å². The molecule has 10 heteroatoms. The molecule has 0 spiro atoms. The lowest BCUT2D eigenvalue weighted by molar-refractivity contribution is 0.114. The summed E-state index contributed by atoms with van der Waals surface area (Å²) in [5, 5.41) is 3.78. The third-order valence-electron chi connectivity index (χ3n) is 8.03. The fourth-order valence-electron chi connectivity index (χ4n) is 6.03. The molecule has 1 aromatic heterocycles. The fourth-order valence-corrected chi connectivity index (χ4v) is 8.32. The zero-order chi connectivity index (χ0) is 25.7. The van der Waals surface area contributed by atoms with Gasteiger partial charge in [-0.05, 0) is 37.8 Å². The average molecular weight is 546 g/mol. The molecule has 2 aromatic rings. The van der Waals surface area contributed by atoms with Crippen LogP contribution in [0.25, 0.3) is 0 Å². The van der Waals surface area contributed by atoms with E-state index in [1.165, 1.54) is 49.9 Å². The second kappa shape index (κ2) is 12.2. The summed E-state index contributed by atoms with van der Waals surface area (Å²) in [4.78, 5) is 23.8. The van der Waals surface area contributed by atoms with Gasteiger partial charge in [-0.15, -0.1) is 11.3 Å². The molecule has 202 valence electrons. The van der Waals surface area contributed by atoms with Gasteiger partial charge >= 0.3 is 6.03 Å². The van der Waals surface area contributed by atoms with Crippen molar-refractivity contribution in [1.29, 1.82) is 0 Å². The molecule has 2 heterocycles. The number of nitrogens with zero attached hydrogens (tertiary/aromatic N) is 4. The van der Waals surface area contributed by atoms with Crippen molar-refractivity contribution in [2.45, 2.75) is 87.7 Å². The molecule has 37 heavy (non-hydrogen) atoms. The zero-order valence-electron chi connectivity index (χ0n) is 21.6. The maximum absolute atomic E-state index is 13.5. The Balaban J connectivity index is 1.16. The number of nitrogens with one attached hydrogen (secondary N) is 1. The van der Waals surface area contributed by atoms with E-state index in [0.29, 0.717) is 54.8 Å². The highest BCUT2D eigenvalue weighted by atomic mass is 32.2. The Bertz CT molecular complexity index is 1100. The van der Waals surface area contributed by atoms with Crippen LogP contribution in [0.15, 0.2) is 41.4 Å². The molecule has 5 rings (SSSR count). The van der Waals surface area contributed by atoms with Crippen LogP contribution in [0.1, 0.15) is 69.1 Å². The summed E-state index contributed by atoms with van der Waals surface area (Å²) in [7, 11) is -3.45. The fraction of sp³-hybridized carbons (Fsp3) is 0.630. The van der Waals surface area contributed by atoms with Gasteiger partial charge in [0.2, 0.25) is 10.0 Å². The Morgan fingerprint density at radius 1 is 0.919 bits per heavy atom. The molecule has 8 nitrogen and oxygen atoms in total. The Labute approximate surface area is 225 Å². The van der Waals surface area contributed by atoms with Crippen molar-refractivity contribution in [2.75, 3.05) is 31.5 Å². The second-order valence-electron chi connectivity index (χ2n) is 10.5. The molecule has 0 bridgehead atoms. The smallest absolute Gasteiger partial charge is 0.319 e. The van der Waals surface area contributed by atoms with Crippen molar-refractivity contribution in [2.24, 2.45) is 0 Å². The molecule has 0 radical (unpaired) electrons. The van der Waals surface area contributed by atoms with Crippen LogP contribution in [0.5, 0.6) is 0 Å². The Morgan fingerprint density at radius 2 is 1.51 bits per heavy atom. The number of carbonyl (C=O) groups is 1. The lowest BCUT2D eigenvalue weighted by atomic mass is 9.89. The first-order chi connectivity index (χ1) is 18.0. The normalized spacial score (nSPS) is 21.1. The van der Waals surface area contributed by atoms with Gasteiger partial charge in [0.25, 0.3) is 0 Å². The van der Waals surface area contributed by atoms with E-state index in [1.807, 2.05) is 12.3 Å². The molecule has 2 amide bonds. The van der Waals surface area contributed by atoms with Crippen molar-refractivity contribution in [3.63, 3.8) is 0 Å². The number of aromatic nitrogens is 1. The number of amides is 2. The third-order valence-corrected chi connectivity index (χ3v) is 10.8. The predicted octanol–water partition coefficient (Wildman–Crippen LogP) is 5.15. The second-order valence-corrected chi connectivity index (χ2v) is 13.6. The van der Waals surface area contributed by atoms with Crippen molar-refractivity contribution < 1.29 is 13.2 Å². The molecule has 3 aliphatic rings. The van der Waals surface area contributed by atoms with Crippen LogP contribution in [0.2, 0.25) is 0 Å². The first-order valence-electron chi connectivity index (χ1n) is 13.8. The first kappa shape index (κ1) is 26.6. The highest BCUT2D eigenvalue weighted by molar-refractivity contribution is 7.89. The molecule has 2 aliphatic carbocycles. The van der Waals surface area contributed by atoms with Crippen LogP contribution in [0, 0.1) is 0 Å². The molecular formula is C27H39N5O3S2. The zero-order valence-corrected chi connectivity index (χ0v) is 23.2. The lowest BCUT2D eigenvalue weighted by Gasteiger charge is -2.41. The van der Waals surface area contributed by atoms with Crippen LogP contribution in [-0.4, -0.2) is 71.8 Å². The molecule has 1 aromatic carbocycles. The van der Waals surface area contributed by atoms with Crippen molar-refractivity contribution >= 4 is 32.5 Å². The van der Waals surface area contributed by atoms with E-state index >= 15 is 0 Å². The van der Waals surface area contributed by atoms with E-state index < -0.39 is 10.0 Å². The minimum atomic E-state index is -3.45. The maximum Gasteiger partial charge on any atom is 0.324 e. The van der Waals surface area contributed by atoms with Crippen LogP contribution in [0.3, 0.4) is 0 Å². The van der Waals surface area contributed by atoms with Crippen molar-refractivity contribution in [3.8, 4) is 0 Å². The van der Waals surface area contributed by atoms with Gasteiger partial charge in [-0.2, -0.15) is 4.31 Å². The number of sulfonamides is 1. The Morgan fingerprint density at radius 3 is 2.11 bits per heavy atom. The van der Waals surface area contributed by atoms with E-state index in [-0.39, 0.29) is 6.03 Å². The predicted molar refractivity (Wildman–Crippen MR) is 147 cm³/mol. The van der Waals surface area contributed by atoms with Gasteiger partial charge in [0, 0.05) is 55.9 Å². The number of anilines is 1. The molecule has 0 unspecified atom stereocenters. The van der Waals surface area contributed by atoms with Gasteiger partial charge in [0.05, 0.1) is 4.90 Å². The van der Waals surface area contributed by atoms with Gasteiger partial charge in [0.15, 0.2) is 5.13 Å². The SMILES string of the molecule is O=C(Nc1ncc(CN2CCN(S(=O)(=O)c3ccccc3)CC2)s1)N(C1CCCCC1)C1CCCCC1. The van der Waals surface area contributed by atoms with Gasteiger partial charge in [-0.3, -0.25) is 10.2 Å². The Kier molecular flexibility index (Phi) is 8.79. The Hall–Kier alpha value is -2.01. The minimum Gasteiger partial charge on any atom is -0.319 e. The van der Waals surface area contributed by atoms with Crippen LogP contribution >= 0.6 is 11.3 Å². The molecule has 2 saturated carbocycles. The standard InChI is InChI=1S/C27H39N5O3S2/c33-27(32(22-10-4-1-5-11-22)23-12-6-2-7-13-23)29-26-28-20-24(36-26)21-30-16-18-31(19-17-30)37(34,35)25-14-8-3-9-15-25/h3,8-9,14-15,20,22-23H,1-2,4-7,10-13,16-19,21H2,(H,28,29,33). The summed E-state index contributed by atoms with van der Waals surface area (Å²) in [6.07, 6.45) is 13.7. The number of hydrogen-bond donors (Lipinski definition) is 1. The summed E-state index contributed by atoms with van der Waals surface area (Å²) in [5.74, 6) is 0. The number of piperazine rings is 1.